The van der Waals surface area contributed by atoms with Crippen molar-refractivity contribution in [2.75, 3.05) is 0 Å². The summed E-state index contributed by atoms with van der Waals surface area (Å²) >= 11 is 0. The van der Waals surface area contributed by atoms with Crippen LogP contribution >= 0.6 is 0 Å². The largest absolute Gasteiger partial charge is 0.456 e. The highest BCUT2D eigenvalue weighted by atomic mass is 16.3. The van der Waals surface area contributed by atoms with E-state index in [9.17, 15) is 0 Å². The van der Waals surface area contributed by atoms with Crippen LogP contribution in [-0.2, 0) is 0 Å². The molecule has 8 bridgehead atoms. The van der Waals surface area contributed by atoms with Crippen molar-refractivity contribution in [3.8, 4) is 44.5 Å². The van der Waals surface area contributed by atoms with Crippen LogP contribution in [0.4, 0.5) is 0 Å². The lowest BCUT2D eigenvalue weighted by molar-refractivity contribution is 0.166. The summed E-state index contributed by atoms with van der Waals surface area (Å²) in [4.78, 5) is 32.6. The number of fused-ring (bicyclic) bond motifs is 15. The lowest BCUT2D eigenvalue weighted by atomic mass is 9.67. The van der Waals surface area contributed by atoms with E-state index in [2.05, 4.69) is 174 Å². The molecule has 6 heteroatoms. The Morgan fingerprint density at radius 3 is 1.12 bits per heavy atom. The van der Waals surface area contributed by atoms with Gasteiger partial charge in [0.05, 0.1) is 21.8 Å². The van der Waals surface area contributed by atoms with Gasteiger partial charge in [-0.15, -0.1) is 0 Å². The number of benzene rings is 10. The molecule has 82 heavy (non-hydrogen) atoms. The Labute approximate surface area is 471 Å². The molecule has 10 aromatic carbocycles. The average molecular weight is 1060 g/mol. The van der Waals surface area contributed by atoms with Crippen molar-refractivity contribution < 1.29 is 8.83 Å². The summed E-state index contributed by atoms with van der Waals surface area (Å²) in [5, 5.41) is 10.6. The molecule has 4 fully saturated rings. The molecule has 8 aliphatic rings. The number of hydrogen-bond acceptors (Lipinski definition) is 4. The number of furan rings is 2. The van der Waals surface area contributed by atoms with Crippen LogP contribution in [-0.4, -0.2) is 9.03 Å². The molecule has 4 unspecified atom stereocenters. The van der Waals surface area contributed by atoms with Crippen LogP contribution < -0.4 is 11.1 Å². The van der Waals surface area contributed by atoms with Crippen molar-refractivity contribution >= 4 is 87.2 Å². The van der Waals surface area contributed by atoms with Crippen LogP contribution in [0.1, 0.15) is 110 Å². The Balaban J connectivity index is 0.940. The van der Waals surface area contributed by atoms with E-state index in [1.165, 1.54) is 45.9 Å². The van der Waals surface area contributed by atoms with Crippen LogP contribution in [0, 0.1) is 23.7 Å². The normalized spacial score (nSPS) is 23.5. The first-order valence-corrected chi connectivity index (χ1v) is 30.4. The lowest BCUT2D eigenvalue weighted by Gasteiger charge is -2.38. The van der Waals surface area contributed by atoms with Crippen molar-refractivity contribution in [3.63, 3.8) is 0 Å². The predicted molar refractivity (Wildman–Crippen MR) is 332 cm³/mol. The summed E-state index contributed by atoms with van der Waals surface area (Å²) in [6.07, 6.45) is 11.6. The van der Waals surface area contributed by atoms with Gasteiger partial charge in [0.2, 0.25) is 0 Å². The first kappa shape index (κ1) is 44.9. The van der Waals surface area contributed by atoms with Gasteiger partial charge in [0, 0.05) is 43.4 Å². The lowest BCUT2D eigenvalue weighted by Crippen LogP contribution is -2.26. The molecule has 4 saturated carbocycles. The third-order valence-corrected chi connectivity index (χ3v) is 21.9. The van der Waals surface area contributed by atoms with E-state index in [1.54, 1.807) is 4.52 Å². The molecule has 4 heterocycles. The van der Waals surface area contributed by atoms with Crippen molar-refractivity contribution in [2.24, 2.45) is 23.7 Å². The molecule has 4 atom stereocenters. The molecule has 22 rings (SSSR count). The van der Waals surface area contributed by atoms with Crippen LogP contribution in [0.3, 0.4) is 0 Å². The minimum atomic E-state index is -0.135. The molecule has 0 aliphatic heterocycles. The second-order valence-corrected chi connectivity index (χ2v) is 26.1. The average Bonchev–Trinajstić information content (AvgIpc) is 1.85. The van der Waals surface area contributed by atoms with Gasteiger partial charge in [0.25, 0.3) is 11.1 Å². The molecule has 6 nitrogen and oxygen atoms in total. The zero-order valence-electron chi connectivity index (χ0n) is 45.4. The Kier molecular flexibility index (Phi) is 8.79. The van der Waals surface area contributed by atoms with Crippen LogP contribution in [0.5, 0.6) is 0 Å². The Hall–Kier alpha value is -8.74. The molecule has 0 amide bonds. The summed E-state index contributed by atoms with van der Waals surface area (Å²) < 4.78 is 17.1. The first-order valence-electron chi connectivity index (χ1n) is 30.4. The molecule has 0 saturated heterocycles. The van der Waals surface area contributed by atoms with E-state index in [0.29, 0.717) is 35.5 Å². The second kappa shape index (κ2) is 16.0. The van der Waals surface area contributed by atoms with Gasteiger partial charge >= 0.3 is 0 Å². The van der Waals surface area contributed by atoms with Crippen molar-refractivity contribution in [2.45, 2.75) is 87.9 Å². The second-order valence-electron chi connectivity index (χ2n) is 26.1. The highest BCUT2D eigenvalue weighted by Gasteiger charge is 2.47. The maximum Gasteiger partial charge on any atom is 0.282 e. The van der Waals surface area contributed by atoms with Gasteiger partial charge in [-0.25, -0.2) is 4.52 Å². The number of aromatic nitrogens is 2. The van der Waals surface area contributed by atoms with Gasteiger partial charge in [-0.2, -0.15) is 4.52 Å². The number of para-hydroxylation sites is 2. The fourth-order valence-electron chi connectivity index (χ4n) is 19.3. The maximum absolute atomic E-state index is 16.3. The van der Waals surface area contributed by atoms with Crippen molar-refractivity contribution in [1.29, 1.82) is 0 Å². The summed E-state index contributed by atoms with van der Waals surface area (Å²) in [7, 11) is 0. The minimum absolute atomic E-state index is 0.135. The van der Waals surface area contributed by atoms with Crippen molar-refractivity contribution in [1.82, 2.24) is 9.03 Å². The van der Waals surface area contributed by atoms with E-state index in [4.69, 9.17) is 8.83 Å². The Morgan fingerprint density at radius 1 is 0.305 bits per heavy atom. The summed E-state index contributed by atoms with van der Waals surface area (Å²) in [6, 6.07) is 61.5. The summed E-state index contributed by atoms with van der Waals surface area (Å²) in [6.45, 7) is 0. The van der Waals surface area contributed by atoms with Crippen LogP contribution in [0.25, 0.3) is 132 Å². The minimum Gasteiger partial charge on any atom is -0.456 e. The smallest absolute Gasteiger partial charge is 0.282 e. The zero-order valence-corrected chi connectivity index (χ0v) is 45.4. The van der Waals surface area contributed by atoms with Gasteiger partial charge in [0.15, 0.2) is 0 Å². The molecular formula is C76H56N2O4. The van der Waals surface area contributed by atoms with E-state index in [1.807, 2.05) is 0 Å². The van der Waals surface area contributed by atoms with E-state index >= 15 is 9.59 Å². The van der Waals surface area contributed by atoms with Crippen LogP contribution in [0.15, 0.2) is 188 Å². The summed E-state index contributed by atoms with van der Waals surface area (Å²) in [5.41, 5.74) is 19.5. The number of hydrogen-bond donors (Lipinski definition) is 0. The Bertz CT molecular complexity index is 4940. The summed E-state index contributed by atoms with van der Waals surface area (Å²) in [5.74, 6) is 3.72. The monoisotopic (exact) mass is 1060 g/mol. The molecule has 394 valence electrons. The molecular weight excluding hydrogens is 1000 g/mol. The topological polar surface area (TPSA) is 69.2 Å². The first-order chi connectivity index (χ1) is 40.5. The SMILES string of the molecule is O=c1c2c3c(c4cc(-c5c(-c6ccccc6)ccc6oc7ccccc7c56)ccc4c2n2c4c(c5c(c6cc(-c7c(-c8ccccc8)ccc8oc9ccccc9c78)ccc64)C4CC6CC(C4)CC5C6)c(=O)n12)C1CC2CC(C1)CC3C2. The molecule has 0 radical (unpaired) electrons. The third kappa shape index (κ3) is 5.85. The fraction of sp³-hybridized carbons (Fsp3) is 0.237. The zero-order chi connectivity index (χ0) is 53.4. The third-order valence-electron chi connectivity index (χ3n) is 21.9. The fourth-order valence-corrected chi connectivity index (χ4v) is 19.3. The highest BCUT2D eigenvalue weighted by Crippen LogP contribution is 2.62. The van der Waals surface area contributed by atoms with Gasteiger partial charge in [-0.1, -0.05) is 133 Å². The molecule has 0 N–H and O–H groups in total. The van der Waals surface area contributed by atoms with Gasteiger partial charge in [0.1, 0.15) is 22.3 Å². The van der Waals surface area contributed by atoms with Gasteiger partial charge in [-0.05, 0) is 214 Å². The maximum atomic E-state index is 16.3. The molecule has 8 aliphatic carbocycles. The quantitative estimate of drug-likeness (QED) is 0.176. The predicted octanol–water partition coefficient (Wildman–Crippen LogP) is 19.1. The van der Waals surface area contributed by atoms with Crippen molar-refractivity contribution in [3.05, 3.63) is 213 Å². The highest BCUT2D eigenvalue weighted by molar-refractivity contribution is 6.21. The van der Waals surface area contributed by atoms with E-state index in [0.717, 1.165) is 172 Å². The standard InChI is InChI=1S/C76H56N2O4/c79-75-71-67-49-33-39-27-40(34-49)30-47(29-39)65(67)57-37-45(63-51(43-11-3-1-4-12-43)23-25-61-69(63)55-15-7-9-17-59(55)81-61)19-21-53(57)73(71)77-74-54-22-20-46(64-52(44-13-5-2-6-14-44)24-26-62-70(64)56-16-8-10-18-60(56)82-62)38-58(54)66-48-31-41-28-42(32-48)36-50(35-41)68(66)72(74)76(80)78(75)77/h1-26,37-42,47-50H,27-36H2. The van der Waals surface area contributed by atoms with Gasteiger partial charge < -0.3 is 8.83 Å². The Morgan fingerprint density at radius 2 is 0.695 bits per heavy atom. The van der Waals surface area contributed by atoms with Crippen LogP contribution in [0.2, 0.25) is 0 Å². The molecule has 4 aromatic heterocycles. The molecule has 0 spiro atoms. The number of nitrogens with zero attached hydrogens (tertiary/aromatic N) is 2. The van der Waals surface area contributed by atoms with Gasteiger partial charge in [-0.3, -0.25) is 9.59 Å². The van der Waals surface area contributed by atoms with E-state index < -0.39 is 0 Å². The number of rotatable bonds is 4. The van der Waals surface area contributed by atoms with E-state index in [-0.39, 0.29) is 23.0 Å². The molecule has 14 aromatic rings.